The van der Waals surface area contributed by atoms with Gasteiger partial charge in [-0.05, 0) is 31.2 Å². The Kier molecular flexibility index (Phi) is 4.13. The van der Waals surface area contributed by atoms with Gasteiger partial charge in [0.25, 0.3) is 5.91 Å². The monoisotopic (exact) mass is 423 g/mol. The molecule has 2 aromatic rings. The summed E-state index contributed by atoms with van der Waals surface area (Å²) in [5.74, 6) is 0.283. The molecule has 6 nitrogen and oxygen atoms in total. The molecule has 0 bridgehead atoms. The van der Waals surface area contributed by atoms with E-state index in [9.17, 15) is 9.90 Å². The Morgan fingerprint density at radius 1 is 1.40 bits per heavy atom. The second-order valence-electron chi connectivity index (χ2n) is 6.29. The normalized spacial score (nSPS) is 19.6. The van der Waals surface area contributed by atoms with Crippen molar-refractivity contribution in [3.05, 3.63) is 38.2 Å². The molecule has 0 fully saturated rings. The van der Waals surface area contributed by atoms with Crippen LogP contribution in [0.2, 0.25) is 0 Å². The van der Waals surface area contributed by atoms with Crippen LogP contribution in [0.25, 0.3) is 0 Å². The predicted molar refractivity (Wildman–Crippen MR) is 101 cm³/mol. The number of carbonyl (C=O) groups excluding carboxylic acids is 1. The maximum absolute atomic E-state index is 12.8. The Hall–Kier alpha value is -1.77. The van der Waals surface area contributed by atoms with E-state index < -0.39 is 6.17 Å². The van der Waals surface area contributed by atoms with Gasteiger partial charge >= 0.3 is 0 Å². The van der Waals surface area contributed by atoms with Crippen molar-refractivity contribution in [2.75, 3.05) is 26.0 Å². The number of amides is 1. The highest BCUT2D eigenvalue weighted by Gasteiger charge is 2.34. The molecule has 0 saturated carbocycles. The molecule has 1 atom stereocenters. The highest BCUT2D eigenvalue weighted by molar-refractivity contribution is 9.10. The van der Waals surface area contributed by atoms with Crippen molar-refractivity contribution in [1.29, 1.82) is 0 Å². The number of halogens is 1. The van der Waals surface area contributed by atoms with Crippen LogP contribution in [0.1, 0.15) is 32.5 Å². The van der Waals surface area contributed by atoms with E-state index in [4.69, 9.17) is 4.74 Å². The minimum atomic E-state index is -0.510. The van der Waals surface area contributed by atoms with Gasteiger partial charge in [-0.3, -0.25) is 4.79 Å². The van der Waals surface area contributed by atoms with Gasteiger partial charge in [0.1, 0.15) is 11.2 Å². The van der Waals surface area contributed by atoms with Crippen LogP contribution in [0.3, 0.4) is 0 Å². The molecule has 3 heterocycles. The third kappa shape index (κ3) is 2.78. The predicted octanol–water partition coefficient (Wildman–Crippen LogP) is 3.07. The van der Waals surface area contributed by atoms with Crippen LogP contribution in [0.15, 0.2) is 16.6 Å². The van der Waals surface area contributed by atoms with E-state index in [0.717, 1.165) is 40.1 Å². The van der Waals surface area contributed by atoms with E-state index in [2.05, 4.69) is 38.5 Å². The molecule has 1 amide bonds. The molecule has 3 N–H and O–H groups in total. The number of rotatable bonds is 2. The van der Waals surface area contributed by atoms with E-state index in [1.165, 1.54) is 12.0 Å². The first-order valence-electron chi connectivity index (χ1n) is 7.94. The van der Waals surface area contributed by atoms with Crippen LogP contribution in [-0.2, 0) is 13.0 Å². The molecule has 0 aliphatic carbocycles. The van der Waals surface area contributed by atoms with Crippen LogP contribution in [0.4, 0.5) is 5.00 Å². The van der Waals surface area contributed by atoms with Crippen LogP contribution in [0.5, 0.6) is 11.5 Å². The first kappa shape index (κ1) is 16.7. The SMILES string of the molecule is COc1cc(Br)cc(C2NC(=O)c3c(sc4c3CCN(C)C4)N2)c1O. The number of carbonyl (C=O) groups is 1. The Morgan fingerprint density at radius 3 is 2.96 bits per heavy atom. The Morgan fingerprint density at radius 2 is 2.20 bits per heavy atom. The number of nitrogens with one attached hydrogen (secondary N) is 2. The van der Waals surface area contributed by atoms with Gasteiger partial charge in [-0.2, -0.15) is 0 Å². The van der Waals surface area contributed by atoms with Crippen LogP contribution in [0, 0.1) is 0 Å². The molecular formula is C17H18BrN3O3S. The van der Waals surface area contributed by atoms with Gasteiger partial charge in [-0.1, -0.05) is 15.9 Å². The average molecular weight is 424 g/mol. The quantitative estimate of drug-likeness (QED) is 0.691. The zero-order chi connectivity index (χ0) is 17.7. The average Bonchev–Trinajstić information content (AvgIpc) is 2.94. The topological polar surface area (TPSA) is 73.8 Å². The molecule has 1 unspecified atom stereocenters. The van der Waals surface area contributed by atoms with Gasteiger partial charge in [-0.25, -0.2) is 0 Å². The van der Waals surface area contributed by atoms with Crippen LogP contribution < -0.4 is 15.4 Å². The number of hydrogen-bond acceptors (Lipinski definition) is 6. The van der Waals surface area contributed by atoms with E-state index in [1.807, 2.05) is 0 Å². The van der Waals surface area contributed by atoms with Crippen molar-refractivity contribution in [2.24, 2.45) is 0 Å². The van der Waals surface area contributed by atoms with Gasteiger partial charge < -0.3 is 25.4 Å². The van der Waals surface area contributed by atoms with Gasteiger partial charge in [-0.15, -0.1) is 11.3 Å². The Balaban J connectivity index is 1.73. The third-order valence-corrected chi connectivity index (χ3v) is 6.23. The summed E-state index contributed by atoms with van der Waals surface area (Å²) in [6.07, 6.45) is 0.372. The third-order valence-electron chi connectivity index (χ3n) is 4.63. The maximum Gasteiger partial charge on any atom is 0.256 e. The highest BCUT2D eigenvalue weighted by Crippen LogP contribution is 2.43. The van der Waals surface area contributed by atoms with Crippen molar-refractivity contribution < 1.29 is 14.6 Å². The number of methoxy groups -OCH3 is 1. The molecule has 132 valence electrons. The fourth-order valence-corrected chi connectivity index (χ4v) is 5.18. The molecule has 1 aromatic carbocycles. The van der Waals surface area contributed by atoms with E-state index in [-0.39, 0.29) is 11.7 Å². The summed E-state index contributed by atoms with van der Waals surface area (Å²) >= 11 is 5.05. The number of phenolic OH excluding ortho intramolecular Hbond substituents is 1. The van der Waals surface area contributed by atoms with Gasteiger partial charge in [0, 0.05) is 28.0 Å². The molecule has 0 saturated heterocycles. The number of likely N-dealkylation sites (N-methyl/N-ethyl adjacent to an activating group) is 1. The zero-order valence-corrected chi connectivity index (χ0v) is 16.3. The van der Waals surface area contributed by atoms with Crippen LogP contribution >= 0.6 is 27.3 Å². The smallest absolute Gasteiger partial charge is 0.256 e. The van der Waals surface area contributed by atoms with Gasteiger partial charge in [0.05, 0.1) is 12.7 Å². The van der Waals surface area contributed by atoms with E-state index >= 15 is 0 Å². The van der Waals surface area contributed by atoms with Crippen molar-refractivity contribution in [3.8, 4) is 11.5 Å². The molecule has 0 spiro atoms. The number of anilines is 1. The van der Waals surface area contributed by atoms with Crippen molar-refractivity contribution in [3.63, 3.8) is 0 Å². The summed E-state index contributed by atoms with van der Waals surface area (Å²) in [5, 5.41) is 17.7. The van der Waals surface area contributed by atoms with E-state index in [0.29, 0.717) is 11.3 Å². The number of fused-ring (bicyclic) bond motifs is 3. The number of aromatic hydroxyl groups is 1. The number of thiophene rings is 1. The summed E-state index contributed by atoms with van der Waals surface area (Å²) in [6.45, 7) is 1.82. The number of benzene rings is 1. The Labute approximate surface area is 157 Å². The van der Waals surface area contributed by atoms with Crippen molar-refractivity contribution >= 4 is 38.2 Å². The molecule has 0 radical (unpaired) electrons. The lowest BCUT2D eigenvalue weighted by Gasteiger charge is -2.28. The lowest BCUT2D eigenvalue weighted by molar-refractivity contribution is 0.0934. The van der Waals surface area contributed by atoms with E-state index in [1.54, 1.807) is 23.5 Å². The second kappa shape index (κ2) is 6.19. The molecule has 8 heteroatoms. The summed E-state index contributed by atoms with van der Waals surface area (Å²) in [7, 11) is 3.59. The van der Waals surface area contributed by atoms with Gasteiger partial charge in [0.15, 0.2) is 11.5 Å². The molecule has 2 aliphatic rings. The highest BCUT2D eigenvalue weighted by atomic mass is 79.9. The number of phenols is 1. The van der Waals surface area contributed by atoms with Gasteiger partial charge in [0.2, 0.25) is 0 Å². The number of nitrogens with zero attached hydrogens (tertiary/aromatic N) is 1. The summed E-state index contributed by atoms with van der Waals surface area (Å²) in [6, 6.07) is 3.47. The molecule has 25 heavy (non-hydrogen) atoms. The summed E-state index contributed by atoms with van der Waals surface area (Å²) in [5.41, 5.74) is 2.47. The molecule has 1 aromatic heterocycles. The second-order valence-corrected chi connectivity index (χ2v) is 8.31. The fraction of sp³-hybridized carbons (Fsp3) is 0.353. The lowest BCUT2D eigenvalue weighted by Crippen LogP contribution is -2.38. The standard InChI is InChI=1S/C17H18BrN3O3S/c1-21-4-3-9-12(7-21)25-17-13(9)16(23)19-15(20-17)10-5-8(18)6-11(24-2)14(10)22/h5-6,15,20,22H,3-4,7H2,1-2H3,(H,19,23). The van der Waals surface area contributed by atoms with Crippen molar-refractivity contribution in [1.82, 2.24) is 10.2 Å². The number of hydrogen-bond donors (Lipinski definition) is 3. The zero-order valence-electron chi connectivity index (χ0n) is 13.9. The molecular weight excluding hydrogens is 406 g/mol. The fourth-order valence-electron chi connectivity index (χ4n) is 3.37. The van der Waals surface area contributed by atoms with Crippen LogP contribution in [-0.4, -0.2) is 36.6 Å². The minimum absolute atomic E-state index is 0.0213. The minimum Gasteiger partial charge on any atom is -0.504 e. The number of ether oxygens (including phenoxy) is 1. The maximum atomic E-state index is 12.8. The summed E-state index contributed by atoms with van der Waals surface area (Å²) < 4.78 is 5.98. The Bertz CT molecular complexity index is 867. The first-order chi connectivity index (χ1) is 12.0. The largest absolute Gasteiger partial charge is 0.504 e. The summed E-state index contributed by atoms with van der Waals surface area (Å²) in [4.78, 5) is 16.2. The first-order valence-corrected chi connectivity index (χ1v) is 9.55. The lowest BCUT2D eigenvalue weighted by atomic mass is 10.0. The van der Waals surface area contributed by atoms with Crippen molar-refractivity contribution in [2.45, 2.75) is 19.1 Å². The molecule has 2 aliphatic heterocycles. The molecule has 4 rings (SSSR count).